The van der Waals surface area contributed by atoms with Crippen LogP contribution in [0.5, 0.6) is 0 Å². The van der Waals surface area contributed by atoms with E-state index in [0.29, 0.717) is 37.4 Å². The maximum atomic E-state index is 11.7. The van der Waals surface area contributed by atoms with Gasteiger partial charge in [0.05, 0.1) is 12.5 Å². The summed E-state index contributed by atoms with van der Waals surface area (Å²) in [6, 6.07) is -0.274. The number of aryl methyl sites for hydroxylation is 1. The Labute approximate surface area is 115 Å². The van der Waals surface area contributed by atoms with E-state index in [4.69, 9.17) is 9.63 Å². The third-order valence-electron chi connectivity index (χ3n) is 3.39. The van der Waals surface area contributed by atoms with Gasteiger partial charge in [-0.25, -0.2) is 4.79 Å². The maximum Gasteiger partial charge on any atom is 0.315 e. The Morgan fingerprint density at radius 2 is 2.05 bits per heavy atom. The van der Waals surface area contributed by atoms with Crippen LogP contribution in [0, 0.1) is 12.8 Å². The number of aliphatic carboxylic acids is 1. The Morgan fingerprint density at radius 3 is 2.60 bits per heavy atom. The Bertz CT molecular complexity index is 480. The van der Waals surface area contributed by atoms with Gasteiger partial charge in [0.25, 0.3) is 0 Å². The minimum Gasteiger partial charge on any atom is -0.481 e. The normalized spacial score (nSPS) is 22.2. The molecule has 1 saturated carbocycles. The summed E-state index contributed by atoms with van der Waals surface area (Å²) in [7, 11) is 0. The van der Waals surface area contributed by atoms with Crippen molar-refractivity contribution in [2.75, 3.05) is 0 Å². The van der Waals surface area contributed by atoms with Crippen LogP contribution in [0.4, 0.5) is 4.79 Å². The highest BCUT2D eigenvalue weighted by molar-refractivity contribution is 5.74. The molecule has 8 nitrogen and oxygen atoms in total. The zero-order valence-electron chi connectivity index (χ0n) is 11.3. The lowest BCUT2D eigenvalue weighted by Gasteiger charge is -2.26. The summed E-state index contributed by atoms with van der Waals surface area (Å²) < 4.78 is 4.79. The Balaban J connectivity index is 1.69. The molecule has 0 bridgehead atoms. The average molecular weight is 282 g/mol. The summed E-state index contributed by atoms with van der Waals surface area (Å²) >= 11 is 0. The molecule has 0 saturated heterocycles. The molecule has 1 fully saturated rings. The number of urea groups is 1. The first-order valence-corrected chi connectivity index (χ1v) is 6.61. The van der Waals surface area contributed by atoms with Gasteiger partial charge in [0.2, 0.25) is 5.89 Å². The van der Waals surface area contributed by atoms with Gasteiger partial charge in [0, 0.05) is 13.0 Å². The largest absolute Gasteiger partial charge is 0.481 e. The third kappa shape index (κ3) is 3.94. The van der Waals surface area contributed by atoms with Crippen molar-refractivity contribution in [2.24, 2.45) is 5.92 Å². The van der Waals surface area contributed by atoms with Crippen molar-refractivity contribution in [3.8, 4) is 0 Å². The average Bonchev–Trinajstić information content (AvgIpc) is 2.83. The molecular formula is C12H18N4O4. The summed E-state index contributed by atoms with van der Waals surface area (Å²) in [4.78, 5) is 26.5. The SMILES string of the molecule is Cc1nc(CNC(=O)NC2CCC(C(=O)O)CC2)no1. The van der Waals surface area contributed by atoms with Crippen molar-refractivity contribution < 1.29 is 19.2 Å². The first-order chi connectivity index (χ1) is 9.54. The molecule has 2 rings (SSSR count). The fourth-order valence-corrected chi connectivity index (χ4v) is 2.29. The number of carbonyl (C=O) groups is 2. The molecule has 110 valence electrons. The minimum absolute atomic E-state index is 0.0256. The zero-order chi connectivity index (χ0) is 14.5. The highest BCUT2D eigenvalue weighted by atomic mass is 16.5. The van der Waals surface area contributed by atoms with Crippen molar-refractivity contribution in [1.82, 2.24) is 20.8 Å². The molecule has 8 heteroatoms. The fraction of sp³-hybridized carbons (Fsp3) is 0.667. The predicted molar refractivity (Wildman–Crippen MR) is 67.8 cm³/mol. The van der Waals surface area contributed by atoms with E-state index in [1.54, 1.807) is 6.92 Å². The predicted octanol–water partition coefficient (Wildman–Crippen LogP) is 0.821. The molecule has 0 unspecified atom stereocenters. The lowest BCUT2D eigenvalue weighted by Crippen LogP contribution is -2.44. The number of nitrogens with zero attached hydrogens (tertiary/aromatic N) is 2. The summed E-state index contributed by atoms with van der Waals surface area (Å²) in [5.74, 6) is -0.153. The molecule has 2 amide bonds. The van der Waals surface area contributed by atoms with E-state index in [2.05, 4.69) is 20.8 Å². The molecule has 0 aliphatic heterocycles. The van der Waals surface area contributed by atoms with Crippen molar-refractivity contribution >= 4 is 12.0 Å². The van der Waals surface area contributed by atoms with E-state index in [1.165, 1.54) is 0 Å². The summed E-state index contributed by atoms with van der Waals surface area (Å²) in [5, 5.41) is 18.0. The first kappa shape index (κ1) is 14.3. The Kier molecular flexibility index (Phi) is 4.54. The third-order valence-corrected chi connectivity index (χ3v) is 3.39. The van der Waals surface area contributed by atoms with E-state index in [-0.39, 0.29) is 24.5 Å². The second-order valence-corrected chi connectivity index (χ2v) is 4.94. The second-order valence-electron chi connectivity index (χ2n) is 4.94. The minimum atomic E-state index is -0.750. The van der Waals surface area contributed by atoms with Crippen molar-refractivity contribution in [2.45, 2.75) is 45.2 Å². The topological polar surface area (TPSA) is 117 Å². The summed E-state index contributed by atoms with van der Waals surface area (Å²) in [6.45, 7) is 1.88. The van der Waals surface area contributed by atoms with E-state index in [9.17, 15) is 9.59 Å². The molecule has 1 aromatic heterocycles. The lowest BCUT2D eigenvalue weighted by molar-refractivity contribution is -0.142. The van der Waals surface area contributed by atoms with Crippen LogP contribution in [0.25, 0.3) is 0 Å². The van der Waals surface area contributed by atoms with Gasteiger partial charge in [-0.3, -0.25) is 4.79 Å². The molecule has 0 atom stereocenters. The van der Waals surface area contributed by atoms with Gasteiger partial charge < -0.3 is 20.3 Å². The molecule has 1 aliphatic carbocycles. The first-order valence-electron chi connectivity index (χ1n) is 6.61. The van der Waals surface area contributed by atoms with Crippen LogP contribution in [0.3, 0.4) is 0 Å². The van der Waals surface area contributed by atoms with Crippen LogP contribution >= 0.6 is 0 Å². The number of rotatable bonds is 4. The van der Waals surface area contributed by atoms with Crippen LogP contribution in [0.15, 0.2) is 4.52 Å². The number of nitrogens with one attached hydrogen (secondary N) is 2. The van der Waals surface area contributed by atoms with Gasteiger partial charge in [-0.1, -0.05) is 5.16 Å². The van der Waals surface area contributed by atoms with E-state index in [1.807, 2.05) is 0 Å². The number of hydrogen-bond donors (Lipinski definition) is 3. The van der Waals surface area contributed by atoms with Gasteiger partial charge in [-0.2, -0.15) is 4.98 Å². The molecule has 1 aromatic rings. The summed E-state index contributed by atoms with van der Waals surface area (Å²) in [5.41, 5.74) is 0. The van der Waals surface area contributed by atoms with E-state index < -0.39 is 5.97 Å². The van der Waals surface area contributed by atoms with Crippen LogP contribution in [-0.2, 0) is 11.3 Å². The van der Waals surface area contributed by atoms with Crippen LogP contribution < -0.4 is 10.6 Å². The quantitative estimate of drug-likeness (QED) is 0.752. The van der Waals surface area contributed by atoms with Gasteiger partial charge in [0.1, 0.15) is 0 Å². The molecule has 1 aliphatic rings. The molecule has 20 heavy (non-hydrogen) atoms. The van der Waals surface area contributed by atoms with Crippen molar-refractivity contribution in [3.05, 3.63) is 11.7 Å². The van der Waals surface area contributed by atoms with Crippen molar-refractivity contribution in [3.63, 3.8) is 0 Å². The van der Waals surface area contributed by atoms with Crippen molar-refractivity contribution in [1.29, 1.82) is 0 Å². The molecule has 1 heterocycles. The van der Waals surface area contributed by atoms with Gasteiger partial charge in [-0.05, 0) is 25.7 Å². The van der Waals surface area contributed by atoms with Crippen LogP contribution in [-0.4, -0.2) is 33.3 Å². The number of carbonyl (C=O) groups excluding carboxylic acids is 1. The highest BCUT2D eigenvalue weighted by Gasteiger charge is 2.26. The smallest absolute Gasteiger partial charge is 0.315 e. The number of amides is 2. The Morgan fingerprint density at radius 1 is 1.35 bits per heavy atom. The van der Waals surface area contributed by atoms with Crippen LogP contribution in [0.2, 0.25) is 0 Å². The number of hydrogen-bond acceptors (Lipinski definition) is 5. The Hall–Kier alpha value is -2.12. The highest BCUT2D eigenvalue weighted by Crippen LogP contribution is 2.24. The number of carboxylic acids is 1. The van der Waals surface area contributed by atoms with Gasteiger partial charge in [-0.15, -0.1) is 0 Å². The second kappa shape index (κ2) is 6.36. The van der Waals surface area contributed by atoms with Gasteiger partial charge >= 0.3 is 12.0 Å². The molecular weight excluding hydrogens is 264 g/mol. The summed E-state index contributed by atoms with van der Waals surface area (Å²) in [6.07, 6.45) is 2.58. The zero-order valence-corrected chi connectivity index (χ0v) is 11.3. The fourth-order valence-electron chi connectivity index (χ4n) is 2.29. The lowest BCUT2D eigenvalue weighted by atomic mass is 9.86. The standard InChI is InChI=1S/C12H18N4O4/c1-7-14-10(16-20-7)6-13-12(19)15-9-4-2-8(3-5-9)11(17)18/h8-9H,2-6H2,1H3,(H,17,18)(H2,13,15,19). The number of carboxylic acid groups (broad SMARTS) is 1. The van der Waals surface area contributed by atoms with Gasteiger partial charge in [0.15, 0.2) is 5.82 Å². The van der Waals surface area contributed by atoms with Crippen LogP contribution in [0.1, 0.15) is 37.4 Å². The number of aromatic nitrogens is 2. The monoisotopic (exact) mass is 282 g/mol. The molecule has 0 radical (unpaired) electrons. The maximum absolute atomic E-state index is 11.7. The van der Waals surface area contributed by atoms with E-state index >= 15 is 0 Å². The van der Waals surface area contributed by atoms with E-state index in [0.717, 1.165) is 0 Å². The molecule has 0 aromatic carbocycles. The molecule has 3 N–H and O–H groups in total. The molecule has 0 spiro atoms.